The van der Waals surface area contributed by atoms with Crippen LogP contribution in [0.1, 0.15) is 54.7 Å². The molecule has 1 aliphatic rings. The van der Waals surface area contributed by atoms with Crippen LogP contribution in [0.3, 0.4) is 0 Å². The van der Waals surface area contributed by atoms with E-state index in [1.807, 2.05) is 93.6 Å². The average molecular weight is 571 g/mol. The molecule has 8 heteroatoms. The molecule has 4 rings (SSSR count). The van der Waals surface area contributed by atoms with Crippen molar-refractivity contribution in [2.24, 2.45) is 5.92 Å². The molecular formula is C34H42N4O4. The fourth-order valence-electron chi connectivity index (χ4n) is 5.36. The SMILES string of the molecule is CCNC(=O)c1ccccc1-c1ccc(CN2Cc3ccccc3C[C@@H](NC(=O)C(NC[C@@H](C)O)C(C)C)C2=O)cc1. The van der Waals surface area contributed by atoms with Crippen molar-refractivity contribution in [3.8, 4) is 11.1 Å². The van der Waals surface area contributed by atoms with E-state index in [9.17, 15) is 19.5 Å². The predicted molar refractivity (Wildman–Crippen MR) is 165 cm³/mol. The molecule has 1 aliphatic heterocycles. The fourth-order valence-corrected chi connectivity index (χ4v) is 5.36. The Balaban J connectivity index is 1.55. The van der Waals surface area contributed by atoms with E-state index < -0.39 is 18.2 Å². The monoisotopic (exact) mass is 570 g/mol. The van der Waals surface area contributed by atoms with Crippen molar-refractivity contribution in [3.05, 3.63) is 95.1 Å². The maximum absolute atomic E-state index is 13.9. The van der Waals surface area contributed by atoms with Gasteiger partial charge in [-0.2, -0.15) is 0 Å². The van der Waals surface area contributed by atoms with Gasteiger partial charge in [-0.05, 0) is 53.6 Å². The zero-order valence-electron chi connectivity index (χ0n) is 24.9. The van der Waals surface area contributed by atoms with Crippen LogP contribution in [0.25, 0.3) is 11.1 Å². The first-order chi connectivity index (χ1) is 20.2. The largest absolute Gasteiger partial charge is 0.392 e. The first-order valence-corrected chi connectivity index (χ1v) is 14.7. The molecule has 3 aromatic carbocycles. The van der Waals surface area contributed by atoms with Crippen LogP contribution in [0.15, 0.2) is 72.8 Å². The van der Waals surface area contributed by atoms with Gasteiger partial charge < -0.3 is 26.0 Å². The maximum Gasteiger partial charge on any atom is 0.251 e. The van der Waals surface area contributed by atoms with E-state index in [4.69, 9.17) is 0 Å². The predicted octanol–water partition coefficient (Wildman–Crippen LogP) is 3.67. The van der Waals surface area contributed by atoms with Gasteiger partial charge >= 0.3 is 0 Å². The van der Waals surface area contributed by atoms with Crippen molar-refractivity contribution in [2.75, 3.05) is 13.1 Å². The highest BCUT2D eigenvalue weighted by Crippen LogP contribution is 2.26. The summed E-state index contributed by atoms with van der Waals surface area (Å²) in [6.07, 6.45) is -0.178. The van der Waals surface area contributed by atoms with Gasteiger partial charge in [0, 0.05) is 38.2 Å². The summed E-state index contributed by atoms with van der Waals surface area (Å²) in [5, 5.41) is 18.7. The Hall–Kier alpha value is -4.01. The lowest BCUT2D eigenvalue weighted by Gasteiger charge is -2.28. The number of fused-ring (bicyclic) bond motifs is 1. The van der Waals surface area contributed by atoms with E-state index in [1.165, 1.54) is 0 Å². The molecule has 0 saturated carbocycles. The quantitative estimate of drug-likeness (QED) is 0.281. The first-order valence-electron chi connectivity index (χ1n) is 14.7. The molecule has 0 bridgehead atoms. The van der Waals surface area contributed by atoms with Crippen LogP contribution in [0, 0.1) is 5.92 Å². The van der Waals surface area contributed by atoms with Crippen molar-refractivity contribution in [3.63, 3.8) is 0 Å². The van der Waals surface area contributed by atoms with Gasteiger partial charge in [0.2, 0.25) is 11.8 Å². The Bertz CT molecular complexity index is 1390. The minimum Gasteiger partial charge on any atom is -0.392 e. The molecule has 1 unspecified atom stereocenters. The molecule has 4 N–H and O–H groups in total. The number of carbonyl (C=O) groups excluding carboxylic acids is 3. The third-order valence-electron chi connectivity index (χ3n) is 7.56. The lowest BCUT2D eigenvalue weighted by Crippen LogP contribution is -2.55. The highest BCUT2D eigenvalue weighted by Gasteiger charge is 2.33. The van der Waals surface area contributed by atoms with Gasteiger partial charge in [-0.3, -0.25) is 14.4 Å². The molecule has 0 aromatic heterocycles. The van der Waals surface area contributed by atoms with E-state index >= 15 is 0 Å². The number of benzene rings is 3. The van der Waals surface area contributed by atoms with Gasteiger partial charge in [0.25, 0.3) is 5.91 Å². The van der Waals surface area contributed by atoms with Crippen LogP contribution < -0.4 is 16.0 Å². The normalized spacial score (nSPS) is 16.4. The Morgan fingerprint density at radius 1 is 0.952 bits per heavy atom. The van der Waals surface area contributed by atoms with E-state index in [-0.39, 0.29) is 30.2 Å². The number of hydrogen-bond acceptors (Lipinski definition) is 5. The van der Waals surface area contributed by atoms with Crippen molar-refractivity contribution >= 4 is 17.7 Å². The van der Waals surface area contributed by atoms with Gasteiger partial charge in [0.05, 0.1) is 12.1 Å². The number of nitrogens with one attached hydrogen (secondary N) is 3. The second kappa shape index (κ2) is 14.2. The number of amides is 3. The second-order valence-corrected chi connectivity index (χ2v) is 11.3. The van der Waals surface area contributed by atoms with Gasteiger partial charge in [-0.25, -0.2) is 0 Å². The minimum absolute atomic E-state index is 0.0234. The molecule has 0 aliphatic carbocycles. The molecule has 1 heterocycles. The summed E-state index contributed by atoms with van der Waals surface area (Å²) in [5.41, 5.74) is 5.43. The zero-order valence-corrected chi connectivity index (χ0v) is 24.9. The third kappa shape index (κ3) is 7.63. The summed E-state index contributed by atoms with van der Waals surface area (Å²) in [7, 11) is 0. The van der Waals surface area contributed by atoms with Crippen molar-refractivity contribution < 1.29 is 19.5 Å². The van der Waals surface area contributed by atoms with Crippen molar-refractivity contribution in [2.45, 2.75) is 65.4 Å². The second-order valence-electron chi connectivity index (χ2n) is 11.3. The molecule has 0 fully saturated rings. The summed E-state index contributed by atoms with van der Waals surface area (Å²) in [5.74, 6) is -0.522. The minimum atomic E-state index is -0.709. The lowest BCUT2D eigenvalue weighted by atomic mass is 9.98. The number of hydrogen-bond donors (Lipinski definition) is 4. The molecule has 222 valence electrons. The lowest BCUT2D eigenvalue weighted by molar-refractivity contribution is -0.137. The van der Waals surface area contributed by atoms with Crippen LogP contribution in [-0.4, -0.2) is 59.0 Å². The molecule has 3 amide bonds. The topological polar surface area (TPSA) is 111 Å². The maximum atomic E-state index is 13.9. The van der Waals surface area contributed by atoms with Crippen LogP contribution in [0.4, 0.5) is 0 Å². The Morgan fingerprint density at radius 3 is 2.29 bits per heavy atom. The summed E-state index contributed by atoms with van der Waals surface area (Å²) >= 11 is 0. The van der Waals surface area contributed by atoms with Gasteiger partial charge in [0.15, 0.2) is 0 Å². The zero-order chi connectivity index (χ0) is 30.2. The Labute approximate surface area is 248 Å². The van der Waals surface area contributed by atoms with E-state index in [1.54, 1.807) is 11.8 Å². The molecular weight excluding hydrogens is 528 g/mol. The van der Waals surface area contributed by atoms with Crippen LogP contribution in [0.5, 0.6) is 0 Å². The summed E-state index contributed by atoms with van der Waals surface area (Å²) in [6.45, 7) is 9.10. The molecule has 0 spiro atoms. The summed E-state index contributed by atoms with van der Waals surface area (Å²) in [4.78, 5) is 41.6. The number of aliphatic hydroxyl groups excluding tert-OH is 1. The fraction of sp³-hybridized carbons (Fsp3) is 0.382. The standard InChI is InChI=1S/C34H42N4O4/c1-5-35-32(40)29-13-9-8-12-28(29)25-16-14-24(15-17-25)20-38-21-27-11-7-6-10-26(27)18-30(34(38)42)37-33(41)31(22(2)3)36-19-23(4)39/h6-17,22-23,30-31,36,39H,5,18-21H2,1-4H3,(H,35,40)(H,37,41)/t23-,30-,31?/m1/s1. The average Bonchev–Trinajstić information content (AvgIpc) is 3.09. The van der Waals surface area contributed by atoms with Gasteiger partial charge in [-0.1, -0.05) is 80.6 Å². The molecule has 3 atom stereocenters. The van der Waals surface area contributed by atoms with E-state index in [0.717, 1.165) is 27.8 Å². The number of nitrogens with zero attached hydrogens (tertiary/aromatic N) is 1. The number of rotatable bonds is 11. The smallest absolute Gasteiger partial charge is 0.251 e. The summed E-state index contributed by atoms with van der Waals surface area (Å²) < 4.78 is 0. The highest BCUT2D eigenvalue weighted by molar-refractivity contribution is 6.00. The van der Waals surface area contributed by atoms with Crippen molar-refractivity contribution in [1.82, 2.24) is 20.9 Å². The van der Waals surface area contributed by atoms with Crippen LogP contribution >= 0.6 is 0 Å². The first kappa shape index (κ1) is 30.9. The van der Waals surface area contributed by atoms with Gasteiger partial charge in [-0.15, -0.1) is 0 Å². The van der Waals surface area contributed by atoms with Crippen LogP contribution in [0.2, 0.25) is 0 Å². The van der Waals surface area contributed by atoms with Crippen molar-refractivity contribution in [1.29, 1.82) is 0 Å². The third-order valence-corrected chi connectivity index (χ3v) is 7.56. The molecule has 42 heavy (non-hydrogen) atoms. The Morgan fingerprint density at radius 2 is 1.62 bits per heavy atom. The van der Waals surface area contributed by atoms with Crippen LogP contribution in [-0.2, 0) is 29.1 Å². The van der Waals surface area contributed by atoms with E-state index in [0.29, 0.717) is 31.6 Å². The number of aliphatic hydroxyl groups is 1. The van der Waals surface area contributed by atoms with E-state index in [2.05, 4.69) is 16.0 Å². The summed E-state index contributed by atoms with van der Waals surface area (Å²) in [6, 6.07) is 22.2. The highest BCUT2D eigenvalue weighted by atomic mass is 16.3. The molecule has 0 saturated heterocycles. The molecule has 3 aromatic rings. The molecule has 8 nitrogen and oxygen atoms in total. The molecule has 0 radical (unpaired) electrons. The Kier molecular flexibility index (Phi) is 10.5. The number of carbonyl (C=O) groups is 3. The van der Waals surface area contributed by atoms with Gasteiger partial charge in [0.1, 0.15) is 6.04 Å².